The summed E-state index contributed by atoms with van der Waals surface area (Å²) in [7, 11) is 3.52. The Morgan fingerprint density at radius 1 is 1.27 bits per heavy atom. The zero-order valence-corrected chi connectivity index (χ0v) is 13.9. The molecule has 0 saturated carbocycles. The molecule has 1 heterocycles. The van der Waals surface area contributed by atoms with Gasteiger partial charge in [0, 0.05) is 24.0 Å². The molecule has 116 valence electrons. The van der Waals surface area contributed by atoms with Crippen LogP contribution in [0.1, 0.15) is 38.5 Å². The summed E-state index contributed by atoms with van der Waals surface area (Å²) in [6, 6.07) is 9.94. The SMILES string of the molecule is COc1ccccc1CN(C)C(=O)c1cc2c(s1)CCCC2. The molecule has 1 aliphatic rings. The molecule has 0 unspecified atom stereocenters. The maximum absolute atomic E-state index is 12.7. The van der Waals surface area contributed by atoms with Crippen LogP contribution >= 0.6 is 11.3 Å². The van der Waals surface area contributed by atoms with Crippen molar-refractivity contribution in [2.45, 2.75) is 32.2 Å². The predicted molar refractivity (Wildman–Crippen MR) is 89.8 cm³/mol. The molecule has 0 radical (unpaired) electrons. The lowest BCUT2D eigenvalue weighted by atomic mass is 9.99. The lowest BCUT2D eigenvalue weighted by molar-refractivity contribution is 0.0789. The van der Waals surface area contributed by atoms with Crippen molar-refractivity contribution in [1.82, 2.24) is 4.90 Å². The Morgan fingerprint density at radius 3 is 2.82 bits per heavy atom. The van der Waals surface area contributed by atoms with Gasteiger partial charge in [0.2, 0.25) is 0 Å². The fourth-order valence-electron chi connectivity index (χ4n) is 2.95. The topological polar surface area (TPSA) is 29.5 Å². The predicted octanol–water partition coefficient (Wildman–Crippen LogP) is 3.91. The Bertz CT molecular complexity index is 654. The average Bonchev–Trinajstić information content (AvgIpc) is 2.98. The van der Waals surface area contributed by atoms with E-state index in [0.29, 0.717) is 6.54 Å². The van der Waals surface area contributed by atoms with Crippen LogP contribution in [0.15, 0.2) is 30.3 Å². The van der Waals surface area contributed by atoms with Crippen molar-refractivity contribution in [2.75, 3.05) is 14.2 Å². The largest absolute Gasteiger partial charge is 0.496 e. The first-order valence-electron chi connectivity index (χ1n) is 7.68. The van der Waals surface area contributed by atoms with Crippen molar-refractivity contribution >= 4 is 17.2 Å². The molecule has 0 spiro atoms. The second-order valence-corrected chi connectivity index (χ2v) is 6.88. The summed E-state index contributed by atoms with van der Waals surface area (Å²) in [4.78, 5) is 16.7. The highest BCUT2D eigenvalue weighted by Crippen LogP contribution is 2.30. The van der Waals surface area contributed by atoms with Crippen molar-refractivity contribution < 1.29 is 9.53 Å². The van der Waals surface area contributed by atoms with Crippen molar-refractivity contribution in [2.24, 2.45) is 0 Å². The molecule has 1 aliphatic carbocycles. The Hall–Kier alpha value is -1.81. The zero-order chi connectivity index (χ0) is 15.5. The van der Waals surface area contributed by atoms with E-state index >= 15 is 0 Å². The highest BCUT2D eigenvalue weighted by atomic mass is 32.1. The van der Waals surface area contributed by atoms with Crippen LogP contribution in [0.2, 0.25) is 0 Å². The van der Waals surface area contributed by atoms with Gasteiger partial charge in [0.15, 0.2) is 0 Å². The molecule has 0 aliphatic heterocycles. The first-order valence-corrected chi connectivity index (χ1v) is 8.49. The van der Waals surface area contributed by atoms with Gasteiger partial charge in [-0.05, 0) is 43.4 Å². The van der Waals surface area contributed by atoms with Gasteiger partial charge < -0.3 is 9.64 Å². The first-order chi connectivity index (χ1) is 10.7. The minimum atomic E-state index is 0.102. The maximum atomic E-state index is 12.7. The molecule has 1 aromatic carbocycles. The van der Waals surface area contributed by atoms with Crippen LogP contribution in [0.25, 0.3) is 0 Å². The fourth-order valence-corrected chi connectivity index (χ4v) is 4.19. The van der Waals surface area contributed by atoms with E-state index in [0.717, 1.165) is 29.0 Å². The molecule has 4 heteroatoms. The summed E-state index contributed by atoms with van der Waals surface area (Å²) in [6.07, 6.45) is 4.74. The number of para-hydroxylation sites is 1. The number of hydrogen-bond acceptors (Lipinski definition) is 3. The molecule has 0 fully saturated rings. The van der Waals surface area contributed by atoms with E-state index < -0.39 is 0 Å². The first kappa shape index (κ1) is 15.1. The number of benzene rings is 1. The minimum absolute atomic E-state index is 0.102. The lowest BCUT2D eigenvalue weighted by Gasteiger charge is -2.18. The number of amides is 1. The third-order valence-corrected chi connectivity index (χ3v) is 5.38. The van der Waals surface area contributed by atoms with Gasteiger partial charge in [-0.15, -0.1) is 11.3 Å². The van der Waals surface area contributed by atoms with Gasteiger partial charge in [0.05, 0.1) is 12.0 Å². The van der Waals surface area contributed by atoms with Crippen LogP contribution in [-0.2, 0) is 19.4 Å². The molecular formula is C18H21NO2S. The minimum Gasteiger partial charge on any atom is -0.496 e. The van der Waals surface area contributed by atoms with Crippen molar-refractivity contribution in [1.29, 1.82) is 0 Å². The molecule has 1 aromatic heterocycles. The number of carbonyl (C=O) groups is 1. The number of methoxy groups -OCH3 is 1. The van der Waals surface area contributed by atoms with E-state index in [4.69, 9.17) is 4.74 Å². The Kier molecular flexibility index (Phi) is 4.48. The summed E-state index contributed by atoms with van der Waals surface area (Å²) in [5, 5.41) is 0. The standard InChI is InChI=1S/C18H21NO2S/c1-19(12-14-8-3-5-9-15(14)21-2)18(20)17-11-13-7-4-6-10-16(13)22-17/h3,5,8-9,11H,4,6-7,10,12H2,1-2H3. The molecule has 0 saturated heterocycles. The van der Waals surface area contributed by atoms with Crippen LogP contribution in [0, 0.1) is 0 Å². The van der Waals surface area contributed by atoms with Crippen molar-refractivity contribution in [3.05, 3.63) is 51.2 Å². The fraction of sp³-hybridized carbons (Fsp3) is 0.389. The molecule has 0 bridgehead atoms. The zero-order valence-electron chi connectivity index (χ0n) is 13.1. The van der Waals surface area contributed by atoms with E-state index in [1.54, 1.807) is 23.3 Å². The van der Waals surface area contributed by atoms with Crippen LogP contribution in [0.5, 0.6) is 5.75 Å². The second kappa shape index (κ2) is 6.53. The smallest absolute Gasteiger partial charge is 0.263 e. The third-order valence-electron chi connectivity index (χ3n) is 4.15. The summed E-state index contributed by atoms with van der Waals surface area (Å²) in [6.45, 7) is 0.561. The van der Waals surface area contributed by atoms with Crippen LogP contribution in [-0.4, -0.2) is 25.0 Å². The van der Waals surface area contributed by atoms with E-state index in [9.17, 15) is 4.79 Å². The molecule has 1 amide bonds. The number of hydrogen-bond donors (Lipinski definition) is 0. The van der Waals surface area contributed by atoms with Gasteiger partial charge in [-0.1, -0.05) is 18.2 Å². The van der Waals surface area contributed by atoms with Gasteiger partial charge in [0.25, 0.3) is 5.91 Å². The Labute approximate surface area is 135 Å². The summed E-state index contributed by atoms with van der Waals surface area (Å²) in [5.41, 5.74) is 2.41. The highest BCUT2D eigenvalue weighted by Gasteiger charge is 2.20. The number of nitrogens with zero attached hydrogens (tertiary/aromatic N) is 1. The molecular weight excluding hydrogens is 294 g/mol. The molecule has 3 rings (SSSR count). The Balaban J connectivity index is 1.75. The number of carbonyl (C=O) groups excluding carboxylic acids is 1. The highest BCUT2D eigenvalue weighted by molar-refractivity contribution is 7.14. The summed E-state index contributed by atoms with van der Waals surface area (Å²) in [5.74, 6) is 0.929. The maximum Gasteiger partial charge on any atom is 0.263 e. The van der Waals surface area contributed by atoms with E-state index in [-0.39, 0.29) is 5.91 Å². The van der Waals surface area contributed by atoms with Gasteiger partial charge in [-0.2, -0.15) is 0 Å². The van der Waals surface area contributed by atoms with E-state index in [1.807, 2.05) is 31.3 Å². The van der Waals surface area contributed by atoms with Crippen LogP contribution in [0.4, 0.5) is 0 Å². The molecule has 3 nitrogen and oxygen atoms in total. The molecule has 22 heavy (non-hydrogen) atoms. The lowest BCUT2D eigenvalue weighted by Crippen LogP contribution is -2.25. The number of fused-ring (bicyclic) bond motifs is 1. The molecule has 2 aromatic rings. The van der Waals surface area contributed by atoms with Crippen molar-refractivity contribution in [3.8, 4) is 5.75 Å². The number of ether oxygens (including phenoxy) is 1. The normalized spacial score (nSPS) is 13.5. The number of rotatable bonds is 4. The van der Waals surface area contributed by atoms with Gasteiger partial charge in [-0.3, -0.25) is 4.79 Å². The van der Waals surface area contributed by atoms with Crippen molar-refractivity contribution in [3.63, 3.8) is 0 Å². The van der Waals surface area contributed by atoms with Crippen LogP contribution in [0.3, 0.4) is 0 Å². The Morgan fingerprint density at radius 2 is 2.05 bits per heavy atom. The molecule has 0 N–H and O–H groups in total. The molecule has 0 atom stereocenters. The quantitative estimate of drug-likeness (QED) is 0.856. The summed E-state index contributed by atoms with van der Waals surface area (Å²) < 4.78 is 5.36. The van der Waals surface area contributed by atoms with E-state index in [1.165, 1.54) is 23.3 Å². The number of aryl methyl sites for hydroxylation is 2. The van der Waals surface area contributed by atoms with Gasteiger partial charge in [0.1, 0.15) is 5.75 Å². The monoisotopic (exact) mass is 315 g/mol. The average molecular weight is 315 g/mol. The van der Waals surface area contributed by atoms with Crippen LogP contribution < -0.4 is 4.74 Å². The summed E-state index contributed by atoms with van der Waals surface area (Å²) >= 11 is 1.67. The van der Waals surface area contributed by atoms with Gasteiger partial charge in [-0.25, -0.2) is 0 Å². The van der Waals surface area contributed by atoms with Gasteiger partial charge >= 0.3 is 0 Å². The number of thiophene rings is 1. The third kappa shape index (κ3) is 3.02. The second-order valence-electron chi connectivity index (χ2n) is 5.74. The van der Waals surface area contributed by atoms with E-state index in [2.05, 4.69) is 6.07 Å².